The fraction of sp³-hybridized carbons (Fsp3) is 0.797. The average molecular weight is 1190 g/mol. The molecule has 0 saturated carbocycles. The third-order valence-electron chi connectivity index (χ3n) is 16.0. The van der Waals surface area contributed by atoms with E-state index in [-0.39, 0.29) is 69.5 Å². The number of rotatable bonds is 33. The van der Waals surface area contributed by atoms with Crippen LogP contribution in [0.4, 0.5) is 0 Å². The smallest absolute Gasteiger partial charge is 0.248 e. The van der Waals surface area contributed by atoms with E-state index in [1.165, 1.54) is 51.3 Å². The van der Waals surface area contributed by atoms with Gasteiger partial charge in [0.1, 0.15) is 58.9 Å². The van der Waals surface area contributed by atoms with Crippen LogP contribution in [0.5, 0.6) is 0 Å². The van der Waals surface area contributed by atoms with Gasteiger partial charge < -0.3 is 68.5 Å². The van der Waals surface area contributed by atoms with E-state index in [0.29, 0.717) is 38.5 Å². The fourth-order valence-corrected chi connectivity index (χ4v) is 10.4. The lowest BCUT2D eigenvalue weighted by Gasteiger charge is -2.36. The molecule has 2 saturated heterocycles. The lowest BCUT2D eigenvalue weighted by atomic mass is 9.94. The molecule has 11 atom stereocenters. The van der Waals surface area contributed by atoms with Crippen LogP contribution in [0.1, 0.15) is 188 Å². The zero-order valence-electron chi connectivity index (χ0n) is 53.2. The topological polar surface area (TPSA) is 366 Å². The summed E-state index contributed by atoms with van der Waals surface area (Å²) < 4.78 is 0. The average Bonchev–Trinajstić information content (AvgIpc) is 4.03. The van der Waals surface area contributed by atoms with Crippen molar-refractivity contribution >= 4 is 70.9 Å². The predicted octanol–water partition coefficient (Wildman–Crippen LogP) is 1.07. The van der Waals surface area contributed by atoms with Gasteiger partial charge in [-0.15, -0.1) is 0 Å². The molecule has 0 spiro atoms. The minimum absolute atomic E-state index is 0.111. The Morgan fingerprint density at radius 2 is 1.00 bits per heavy atom. The molecule has 0 radical (unpaired) electrons. The van der Waals surface area contributed by atoms with Crippen LogP contribution >= 0.6 is 0 Å². The van der Waals surface area contributed by atoms with Crippen LogP contribution in [0, 0.1) is 29.6 Å². The maximum atomic E-state index is 14.5. The van der Waals surface area contributed by atoms with E-state index in [9.17, 15) is 62.6 Å². The van der Waals surface area contributed by atoms with Gasteiger partial charge in [-0.05, 0) is 116 Å². The van der Waals surface area contributed by atoms with Gasteiger partial charge in [0.2, 0.25) is 70.9 Å². The number of nitrogens with zero attached hydrogens (tertiary/aromatic N) is 2. The summed E-state index contributed by atoms with van der Waals surface area (Å²) in [5, 5.41) is 34.6. The Balaban J connectivity index is 2.31. The first-order valence-corrected chi connectivity index (χ1v) is 30.2. The second-order valence-corrected chi connectivity index (χ2v) is 25.6. The number of hydrogen-bond donors (Lipinski definition) is 11. The summed E-state index contributed by atoms with van der Waals surface area (Å²) in [6.07, 6.45) is 2.77. The van der Waals surface area contributed by atoms with Crippen molar-refractivity contribution in [2.24, 2.45) is 35.3 Å². The molecule has 25 nitrogen and oxygen atoms in total. The first-order chi connectivity index (χ1) is 38.9. The Labute approximate surface area is 497 Å². The van der Waals surface area contributed by atoms with Crippen molar-refractivity contribution in [1.82, 2.24) is 57.7 Å². The van der Waals surface area contributed by atoms with Gasteiger partial charge in [0, 0.05) is 26.4 Å². The molecule has 478 valence electrons. The van der Waals surface area contributed by atoms with Crippen LogP contribution in [0.3, 0.4) is 0 Å². The van der Waals surface area contributed by atoms with Gasteiger partial charge in [-0.25, -0.2) is 0 Å². The SMILES string of the molecule is CC[C@@H](C)[C@H](NC(=O)[C@H](CCC(N)=O)NC(=O)[C@@](C)(CC)NC(C)=O)C(=O)N[C@H](C(=O)NC(C)(C)C(=O)N1CCC[C@H]1C(=O)N[C@H](C(=O)N[C@@H](CC(C)C)C(=O)NC(C)(C)C(=O)N1CCC[C@H]1C(=O)N[C@H](CO)CC(C)C)[C@@H](C)CC)C(C)C. The number of carbonyl (C=O) groups excluding carboxylic acids is 12. The van der Waals surface area contributed by atoms with Crippen molar-refractivity contribution in [2.45, 2.75) is 253 Å². The quantitative estimate of drug-likeness (QED) is 0.0439. The molecule has 2 heterocycles. The van der Waals surface area contributed by atoms with Crippen molar-refractivity contribution < 1.29 is 62.6 Å². The first kappa shape index (κ1) is 73.7. The second-order valence-electron chi connectivity index (χ2n) is 25.6. The summed E-state index contributed by atoms with van der Waals surface area (Å²) in [6, 6.07) is -8.52. The van der Waals surface area contributed by atoms with E-state index in [2.05, 4.69) is 47.9 Å². The van der Waals surface area contributed by atoms with E-state index in [1.807, 2.05) is 34.6 Å². The maximum Gasteiger partial charge on any atom is 0.248 e. The number of hydrogen-bond acceptors (Lipinski definition) is 13. The number of likely N-dealkylation sites (tertiary alicyclic amines) is 2. The molecule has 2 rings (SSSR count). The van der Waals surface area contributed by atoms with Crippen molar-refractivity contribution in [3.8, 4) is 0 Å². The molecule has 0 aromatic rings. The molecule has 12 amide bonds. The third-order valence-corrected chi connectivity index (χ3v) is 16.0. The Bertz CT molecular complexity index is 2340. The molecule has 84 heavy (non-hydrogen) atoms. The van der Waals surface area contributed by atoms with Crippen molar-refractivity contribution in [2.75, 3.05) is 19.7 Å². The van der Waals surface area contributed by atoms with Gasteiger partial charge in [-0.1, -0.05) is 89.0 Å². The Kier molecular flexibility index (Phi) is 28.7. The minimum atomic E-state index is -1.66. The number of aliphatic hydroxyl groups excluding tert-OH is 1. The molecule has 2 aliphatic heterocycles. The van der Waals surface area contributed by atoms with Gasteiger partial charge >= 0.3 is 0 Å². The summed E-state index contributed by atoms with van der Waals surface area (Å²) >= 11 is 0. The highest BCUT2D eigenvalue weighted by molar-refractivity contribution is 6.01. The van der Waals surface area contributed by atoms with Crippen molar-refractivity contribution in [3.63, 3.8) is 0 Å². The normalized spacial score (nSPS) is 19.1. The molecule has 2 fully saturated rings. The van der Waals surface area contributed by atoms with Gasteiger partial charge in [0.05, 0.1) is 12.6 Å². The van der Waals surface area contributed by atoms with E-state index in [1.54, 1.807) is 41.5 Å². The molecule has 12 N–H and O–H groups in total. The molecule has 2 aliphatic rings. The molecular formula is C59H104N12O13. The summed E-state index contributed by atoms with van der Waals surface area (Å²) in [4.78, 5) is 167. The predicted molar refractivity (Wildman–Crippen MR) is 316 cm³/mol. The number of carbonyl (C=O) groups is 12. The first-order valence-electron chi connectivity index (χ1n) is 30.2. The van der Waals surface area contributed by atoms with E-state index >= 15 is 0 Å². The standard InChI is InChI=1S/C59H104N12O13/c1-18-35(10)45(51(79)62-40(30-33(6)7)48(76)68-57(13,14)55(83)70-27-21-23-41(70)49(77)61-38(31-72)29-32(4)5)66-50(78)42-24-22-28-71(42)56(84)58(15,16)69-53(81)44(34(8)9)64-52(80)46(36(11)19-2)65-47(75)39(25-26-43(60)74)63-54(82)59(17,20-3)67-37(12)73/h32-36,38-42,44-46,72H,18-31H2,1-17H3,(H2,60,74)(H,61,77)(H,62,79)(H,63,82)(H,64,80)(H,65,75)(H,66,78)(H,67,73)(H,68,76)(H,69,81)/t35-,36+,38-,39-,40-,41-,42-,44-,45-,46-,59+/m0/s1. The van der Waals surface area contributed by atoms with E-state index in [4.69, 9.17) is 5.73 Å². The van der Waals surface area contributed by atoms with Gasteiger partial charge in [-0.2, -0.15) is 0 Å². The maximum absolute atomic E-state index is 14.5. The highest BCUT2D eigenvalue weighted by Gasteiger charge is 2.46. The van der Waals surface area contributed by atoms with Crippen LogP contribution in [0.2, 0.25) is 0 Å². The number of aliphatic hydroxyl groups is 1. The minimum Gasteiger partial charge on any atom is -0.394 e. The number of amides is 12. The number of nitrogens with one attached hydrogen (secondary N) is 9. The summed E-state index contributed by atoms with van der Waals surface area (Å²) in [6.45, 7) is 28.6. The van der Waals surface area contributed by atoms with Crippen molar-refractivity contribution in [3.05, 3.63) is 0 Å². The molecule has 0 bridgehead atoms. The Morgan fingerprint density at radius 3 is 1.43 bits per heavy atom. The van der Waals surface area contributed by atoms with Gasteiger partial charge in [-0.3, -0.25) is 57.5 Å². The fourth-order valence-electron chi connectivity index (χ4n) is 10.4. The summed E-state index contributed by atoms with van der Waals surface area (Å²) in [7, 11) is 0. The molecule has 25 heteroatoms. The van der Waals surface area contributed by atoms with Crippen molar-refractivity contribution in [1.29, 1.82) is 0 Å². The monoisotopic (exact) mass is 1190 g/mol. The zero-order chi connectivity index (χ0) is 64.4. The lowest BCUT2D eigenvalue weighted by molar-refractivity contribution is -0.146. The summed E-state index contributed by atoms with van der Waals surface area (Å²) in [5.74, 6) is -9.12. The molecule has 0 aromatic heterocycles. The molecule has 0 unspecified atom stereocenters. The van der Waals surface area contributed by atoms with Gasteiger partial charge in [0.15, 0.2) is 0 Å². The van der Waals surface area contributed by atoms with Gasteiger partial charge in [0.25, 0.3) is 0 Å². The van der Waals surface area contributed by atoms with Crippen LogP contribution in [0.25, 0.3) is 0 Å². The highest BCUT2D eigenvalue weighted by atomic mass is 16.3. The lowest BCUT2D eigenvalue weighted by Crippen LogP contribution is -2.65. The molecule has 0 aromatic carbocycles. The Hall–Kier alpha value is -6.40. The summed E-state index contributed by atoms with van der Waals surface area (Å²) in [5.41, 5.74) is 0.818. The van der Waals surface area contributed by atoms with Crippen LogP contribution in [-0.4, -0.2) is 170 Å². The number of nitrogens with two attached hydrogens (primary N) is 1. The second kappa shape index (κ2) is 32.8. The molecular weight excluding hydrogens is 1080 g/mol. The van der Waals surface area contributed by atoms with Crippen LogP contribution in [-0.2, 0) is 57.5 Å². The van der Waals surface area contributed by atoms with Crippen LogP contribution in [0.15, 0.2) is 0 Å². The van der Waals surface area contributed by atoms with E-state index in [0.717, 1.165) is 0 Å². The zero-order valence-corrected chi connectivity index (χ0v) is 53.2. The molecule has 0 aliphatic carbocycles. The van der Waals surface area contributed by atoms with E-state index < -0.39 is 148 Å². The number of primary amides is 1. The largest absolute Gasteiger partial charge is 0.394 e. The third kappa shape index (κ3) is 21.3. The Morgan fingerprint density at radius 1 is 0.548 bits per heavy atom. The highest BCUT2D eigenvalue weighted by Crippen LogP contribution is 2.26. The van der Waals surface area contributed by atoms with Crippen LogP contribution < -0.4 is 53.6 Å².